The summed E-state index contributed by atoms with van der Waals surface area (Å²) >= 11 is 0. The Balaban J connectivity index is 1.70. The molecule has 5 rings (SSSR count). The van der Waals surface area contributed by atoms with Crippen molar-refractivity contribution in [1.29, 1.82) is 0 Å². The number of amides is 3. The maximum atomic E-state index is 12.6. The molecule has 0 unspecified atom stereocenters. The van der Waals surface area contributed by atoms with Gasteiger partial charge in [0, 0.05) is 11.5 Å². The molecule has 2 aliphatic carbocycles. The minimum Gasteiger partial charge on any atom is -0.497 e. The number of hydrogen-bond donors (Lipinski definition) is 4. The zero-order valence-corrected chi connectivity index (χ0v) is 14.7. The van der Waals surface area contributed by atoms with E-state index >= 15 is 0 Å². The molecule has 4 aliphatic rings. The van der Waals surface area contributed by atoms with Crippen molar-refractivity contribution in [2.45, 2.75) is 54.7 Å². The van der Waals surface area contributed by atoms with Crippen LogP contribution in [0.1, 0.15) is 36.8 Å². The number of rotatable bonds is 1. The summed E-state index contributed by atoms with van der Waals surface area (Å²) in [7, 11) is 1.63. The van der Waals surface area contributed by atoms with Crippen LogP contribution in [0.15, 0.2) is 18.2 Å². The van der Waals surface area contributed by atoms with Crippen LogP contribution in [0.4, 0.5) is 4.79 Å². The molecule has 0 aromatic heterocycles. The molecule has 2 aliphatic heterocycles. The molecule has 1 aromatic rings. The zero-order chi connectivity index (χ0) is 18.2. The van der Waals surface area contributed by atoms with Gasteiger partial charge in [-0.25, -0.2) is 4.79 Å². The normalized spacial score (nSPS) is 40.5. The number of piperidine rings is 1. The van der Waals surface area contributed by atoms with E-state index < -0.39 is 22.6 Å². The fourth-order valence-electron chi connectivity index (χ4n) is 5.90. The molecular weight excluding hydrogens is 334 g/mol. The van der Waals surface area contributed by atoms with E-state index in [1.54, 1.807) is 7.11 Å². The van der Waals surface area contributed by atoms with Crippen molar-refractivity contribution in [2.24, 2.45) is 0 Å². The van der Waals surface area contributed by atoms with Gasteiger partial charge in [0.05, 0.1) is 12.7 Å². The van der Waals surface area contributed by atoms with Gasteiger partial charge in [-0.3, -0.25) is 10.1 Å². The van der Waals surface area contributed by atoms with Gasteiger partial charge in [-0.15, -0.1) is 0 Å². The Morgan fingerprint density at radius 2 is 2.08 bits per heavy atom. The number of aliphatic hydroxyl groups is 1. The number of nitrogens with one attached hydrogen (secondary N) is 3. The first-order valence-electron chi connectivity index (χ1n) is 9.19. The molecule has 3 amide bonds. The van der Waals surface area contributed by atoms with Crippen LogP contribution in [0.5, 0.6) is 5.75 Å². The van der Waals surface area contributed by atoms with Crippen molar-refractivity contribution in [2.75, 3.05) is 13.7 Å². The van der Waals surface area contributed by atoms with Crippen LogP contribution < -0.4 is 20.7 Å². The minimum atomic E-state index is -0.942. The van der Waals surface area contributed by atoms with Gasteiger partial charge in [0.15, 0.2) is 0 Å². The summed E-state index contributed by atoms with van der Waals surface area (Å²) in [6.07, 6.45) is 2.79. The Morgan fingerprint density at radius 1 is 1.23 bits per heavy atom. The quantitative estimate of drug-likeness (QED) is 0.544. The van der Waals surface area contributed by atoms with Crippen molar-refractivity contribution in [1.82, 2.24) is 16.0 Å². The van der Waals surface area contributed by atoms with Gasteiger partial charge in [0.2, 0.25) is 0 Å². The molecule has 2 bridgehead atoms. The highest BCUT2D eigenvalue weighted by molar-refractivity contribution is 6.07. The number of urea groups is 1. The molecule has 2 heterocycles. The lowest BCUT2D eigenvalue weighted by Gasteiger charge is -2.63. The molecular formula is C19H23N3O4. The Labute approximate surface area is 151 Å². The number of ether oxygens (including phenoxy) is 1. The molecule has 138 valence electrons. The van der Waals surface area contributed by atoms with Gasteiger partial charge in [0.25, 0.3) is 5.91 Å². The van der Waals surface area contributed by atoms with Crippen LogP contribution >= 0.6 is 0 Å². The van der Waals surface area contributed by atoms with Crippen molar-refractivity contribution in [3.63, 3.8) is 0 Å². The van der Waals surface area contributed by atoms with Crippen LogP contribution in [0, 0.1) is 0 Å². The molecule has 4 atom stereocenters. The molecule has 7 nitrogen and oxygen atoms in total. The molecule has 26 heavy (non-hydrogen) atoms. The maximum absolute atomic E-state index is 12.6. The number of fused-ring (bicyclic) bond motifs is 1. The van der Waals surface area contributed by atoms with E-state index in [1.165, 1.54) is 5.56 Å². The van der Waals surface area contributed by atoms with Crippen molar-refractivity contribution >= 4 is 11.9 Å². The molecule has 1 saturated carbocycles. The van der Waals surface area contributed by atoms with Crippen molar-refractivity contribution in [3.05, 3.63) is 29.3 Å². The Bertz CT molecular complexity index is 827. The van der Waals surface area contributed by atoms with Gasteiger partial charge < -0.3 is 20.5 Å². The predicted molar refractivity (Wildman–Crippen MR) is 93.0 cm³/mol. The van der Waals surface area contributed by atoms with Crippen molar-refractivity contribution in [3.8, 4) is 5.75 Å². The fraction of sp³-hybridized carbons (Fsp3) is 0.579. The van der Waals surface area contributed by atoms with Gasteiger partial charge in [0.1, 0.15) is 11.3 Å². The summed E-state index contributed by atoms with van der Waals surface area (Å²) in [6.45, 7) is 0.773. The number of carbonyl (C=O) groups excluding carboxylic acids is 2. The molecule has 2 saturated heterocycles. The van der Waals surface area contributed by atoms with Crippen LogP contribution in [-0.2, 0) is 16.6 Å². The third-order valence-electron chi connectivity index (χ3n) is 7.16. The van der Waals surface area contributed by atoms with Crippen LogP contribution in [0.2, 0.25) is 0 Å². The van der Waals surface area contributed by atoms with E-state index in [-0.39, 0.29) is 11.9 Å². The largest absolute Gasteiger partial charge is 0.497 e. The summed E-state index contributed by atoms with van der Waals surface area (Å²) in [4.78, 5) is 24.5. The van der Waals surface area contributed by atoms with Gasteiger partial charge in [-0.05, 0) is 61.9 Å². The van der Waals surface area contributed by atoms with E-state index in [0.717, 1.165) is 24.3 Å². The Hall–Kier alpha value is -2.12. The predicted octanol–water partition coefficient (Wildman–Crippen LogP) is 0.344. The average Bonchev–Trinajstić information content (AvgIpc) is 2.88. The lowest BCUT2D eigenvalue weighted by Crippen LogP contribution is -2.75. The third-order valence-corrected chi connectivity index (χ3v) is 7.16. The first-order valence-corrected chi connectivity index (χ1v) is 9.19. The summed E-state index contributed by atoms with van der Waals surface area (Å²) in [5.74, 6) is 0.473. The summed E-state index contributed by atoms with van der Waals surface area (Å²) in [5, 5.41) is 20.6. The van der Waals surface area contributed by atoms with Crippen molar-refractivity contribution < 1.29 is 19.4 Å². The maximum Gasteiger partial charge on any atom is 0.322 e. The monoisotopic (exact) mass is 357 g/mol. The van der Waals surface area contributed by atoms with Gasteiger partial charge in [-0.2, -0.15) is 0 Å². The van der Waals surface area contributed by atoms with Crippen LogP contribution in [0.25, 0.3) is 0 Å². The molecule has 4 N–H and O–H groups in total. The second-order valence-electron chi connectivity index (χ2n) is 8.16. The Morgan fingerprint density at radius 3 is 2.81 bits per heavy atom. The SMILES string of the molecule is COc1ccc2c(c1)[C@]13CCN[C@H](C2)[C@]1(O)CC[C@@]1(C3)NC(=O)NC1=O. The van der Waals surface area contributed by atoms with Crippen LogP contribution in [0.3, 0.4) is 0 Å². The van der Waals surface area contributed by atoms with E-state index in [9.17, 15) is 14.7 Å². The van der Waals surface area contributed by atoms with E-state index in [1.807, 2.05) is 12.1 Å². The Kier molecular flexibility index (Phi) is 3.08. The lowest BCUT2D eigenvalue weighted by atomic mass is 9.47. The second kappa shape index (κ2) is 4.98. The zero-order valence-electron chi connectivity index (χ0n) is 14.7. The molecule has 1 aromatic carbocycles. The highest BCUT2D eigenvalue weighted by Crippen LogP contribution is 2.59. The standard InChI is InChI=1S/C19H23N3O4/c1-26-12-3-2-11-8-14-19(25)5-4-18(15(23)21-16(24)22-18)10-17(19,6-7-20-14)13(11)9-12/h2-3,9,14,20,25H,4-8,10H2,1H3,(H2,21,22,23,24)/t14-,17-,18+,19-/m1/s1. The highest BCUT2D eigenvalue weighted by atomic mass is 16.5. The number of benzene rings is 1. The summed E-state index contributed by atoms with van der Waals surface area (Å²) in [5.41, 5.74) is -0.232. The summed E-state index contributed by atoms with van der Waals surface area (Å²) < 4.78 is 5.44. The molecule has 1 spiro atoms. The number of methoxy groups -OCH3 is 1. The number of carbonyl (C=O) groups is 2. The fourth-order valence-corrected chi connectivity index (χ4v) is 5.90. The average molecular weight is 357 g/mol. The highest BCUT2D eigenvalue weighted by Gasteiger charge is 2.68. The second-order valence-corrected chi connectivity index (χ2v) is 8.16. The summed E-state index contributed by atoms with van der Waals surface area (Å²) in [6, 6.07) is 5.52. The van der Waals surface area contributed by atoms with E-state index in [4.69, 9.17) is 4.74 Å². The first-order chi connectivity index (χ1) is 12.4. The first kappa shape index (κ1) is 16.1. The minimum absolute atomic E-state index is 0.0466. The van der Waals surface area contributed by atoms with Crippen LogP contribution in [-0.4, -0.2) is 47.9 Å². The van der Waals surface area contributed by atoms with Gasteiger partial charge in [-0.1, -0.05) is 6.07 Å². The molecule has 0 radical (unpaired) electrons. The van der Waals surface area contributed by atoms with E-state index in [2.05, 4.69) is 22.0 Å². The molecule has 7 heteroatoms. The molecule has 3 fully saturated rings. The number of imide groups is 1. The number of hydrogen-bond acceptors (Lipinski definition) is 5. The third kappa shape index (κ3) is 1.80. The smallest absolute Gasteiger partial charge is 0.322 e. The topological polar surface area (TPSA) is 99.7 Å². The van der Waals surface area contributed by atoms with Gasteiger partial charge >= 0.3 is 6.03 Å². The lowest BCUT2D eigenvalue weighted by molar-refractivity contribution is -0.151. The van der Waals surface area contributed by atoms with E-state index in [0.29, 0.717) is 25.7 Å².